The van der Waals surface area contributed by atoms with Crippen LogP contribution in [-0.2, 0) is 26.2 Å². The highest BCUT2D eigenvalue weighted by molar-refractivity contribution is 9.10. The fourth-order valence-electron chi connectivity index (χ4n) is 3.97. The number of sulfonamides is 1. The van der Waals surface area contributed by atoms with Crippen molar-refractivity contribution in [1.29, 1.82) is 0 Å². The number of nitrogens with zero attached hydrogens (tertiary/aromatic N) is 2. The van der Waals surface area contributed by atoms with Crippen LogP contribution in [0.25, 0.3) is 0 Å². The van der Waals surface area contributed by atoms with E-state index in [-0.39, 0.29) is 17.3 Å². The molecule has 0 aromatic heterocycles. The summed E-state index contributed by atoms with van der Waals surface area (Å²) in [6.07, 6.45) is 1.68. The van der Waals surface area contributed by atoms with Gasteiger partial charge in [0.1, 0.15) is 12.6 Å². The van der Waals surface area contributed by atoms with Crippen LogP contribution in [0.5, 0.6) is 0 Å². The fraction of sp³-hybridized carbons (Fsp3) is 0.310. The Morgan fingerprint density at radius 1 is 1.00 bits per heavy atom. The van der Waals surface area contributed by atoms with Crippen molar-refractivity contribution < 1.29 is 18.0 Å². The van der Waals surface area contributed by atoms with Crippen LogP contribution >= 0.6 is 39.1 Å². The topological polar surface area (TPSA) is 86.8 Å². The van der Waals surface area contributed by atoms with Crippen molar-refractivity contribution in [3.63, 3.8) is 0 Å². The molecule has 0 aliphatic rings. The van der Waals surface area contributed by atoms with Crippen molar-refractivity contribution in [2.45, 2.75) is 51.1 Å². The maximum atomic E-state index is 14.0. The zero-order valence-corrected chi connectivity index (χ0v) is 26.4. The second-order valence-electron chi connectivity index (χ2n) is 9.35. The molecule has 0 radical (unpaired) electrons. The molecule has 214 valence electrons. The summed E-state index contributed by atoms with van der Waals surface area (Å²) in [5, 5.41) is 3.52. The third-order valence-electron chi connectivity index (χ3n) is 6.37. The Hall–Kier alpha value is -2.59. The van der Waals surface area contributed by atoms with E-state index in [4.69, 9.17) is 23.2 Å². The highest BCUT2D eigenvalue weighted by atomic mass is 79.9. The highest BCUT2D eigenvalue weighted by Crippen LogP contribution is 2.29. The third-order valence-corrected chi connectivity index (χ3v) is 9.36. The molecule has 11 heteroatoms. The maximum absolute atomic E-state index is 14.0. The van der Waals surface area contributed by atoms with Crippen molar-refractivity contribution in [3.05, 3.63) is 92.4 Å². The number of carbonyl (C=O) groups is 2. The first-order chi connectivity index (χ1) is 18.9. The van der Waals surface area contributed by atoms with Gasteiger partial charge in [-0.3, -0.25) is 13.9 Å². The molecular formula is C29H32BrCl2N3O4S. The van der Waals surface area contributed by atoms with Gasteiger partial charge < -0.3 is 10.2 Å². The second kappa shape index (κ2) is 14.3. The molecule has 3 aromatic rings. The normalized spacial score (nSPS) is 12.1. The first-order valence-corrected chi connectivity index (χ1v) is 15.8. The van der Waals surface area contributed by atoms with Crippen molar-refractivity contribution in [1.82, 2.24) is 10.2 Å². The number of nitrogens with one attached hydrogen (secondary N) is 1. The summed E-state index contributed by atoms with van der Waals surface area (Å²) in [5.74, 6) is -0.954. The molecule has 1 unspecified atom stereocenters. The fourth-order valence-corrected chi connectivity index (χ4v) is 6.28. The van der Waals surface area contributed by atoms with E-state index in [2.05, 4.69) is 21.2 Å². The Labute approximate surface area is 254 Å². The molecule has 0 aliphatic carbocycles. The number of carbonyl (C=O) groups excluding carboxylic acids is 2. The molecule has 0 bridgehead atoms. The number of benzene rings is 3. The number of amides is 2. The van der Waals surface area contributed by atoms with Crippen LogP contribution in [0.4, 0.5) is 5.69 Å². The lowest BCUT2D eigenvalue weighted by Crippen LogP contribution is -2.51. The number of hydrogen-bond donors (Lipinski definition) is 1. The lowest BCUT2D eigenvalue weighted by Gasteiger charge is -2.32. The molecule has 7 nitrogen and oxygen atoms in total. The van der Waals surface area contributed by atoms with Crippen LogP contribution in [0.3, 0.4) is 0 Å². The van der Waals surface area contributed by atoms with Crippen LogP contribution in [0, 0.1) is 6.92 Å². The Bertz CT molecular complexity index is 1430. The van der Waals surface area contributed by atoms with Gasteiger partial charge in [-0.25, -0.2) is 8.42 Å². The SMILES string of the molecule is CCCCNC(=O)C(C)N(Cc1c(Cl)cccc1Cl)C(=O)CN(c1cccc(Br)c1)S(=O)(=O)c1ccc(C)cc1. The molecule has 0 saturated heterocycles. The first-order valence-electron chi connectivity index (χ1n) is 12.8. The van der Waals surface area contributed by atoms with E-state index in [9.17, 15) is 18.0 Å². The summed E-state index contributed by atoms with van der Waals surface area (Å²) in [6.45, 7) is 5.28. The van der Waals surface area contributed by atoms with E-state index >= 15 is 0 Å². The number of unbranched alkanes of at least 4 members (excludes halogenated alkanes) is 1. The van der Waals surface area contributed by atoms with Gasteiger partial charge in [0, 0.05) is 33.2 Å². The molecule has 0 heterocycles. The van der Waals surface area contributed by atoms with Gasteiger partial charge in [-0.2, -0.15) is 0 Å². The van der Waals surface area contributed by atoms with Crippen LogP contribution in [0.2, 0.25) is 10.0 Å². The van der Waals surface area contributed by atoms with Gasteiger partial charge in [0.25, 0.3) is 10.0 Å². The number of halogens is 3. The van der Waals surface area contributed by atoms with Gasteiger partial charge in [-0.15, -0.1) is 0 Å². The van der Waals surface area contributed by atoms with Crippen molar-refractivity contribution >= 4 is 66.7 Å². The molecule has 1 atom stereocenters. The smallest absolute Gasteiger partial charge is 0.264 e. The maximum Gasteiger partial charge on any atom is 0.264 e. The summed E-state index contributed by atoms with van der Waals surface area (Å²) in [5.41, 5.74) is 1.65. The Balaban J connectivity index is 2.04. The molecule has 2 amide bonds. The minimum absolute atomic E-state index is 0.0388. The highest BCUT2D eigenvalue weighted by Gasteiger charge is 2.33. The van der Waals surface area contributed by atoms with Gasteiger partial charge in [0.05, 0.1) is 10.6 Å². The largest absolute Gasteiger partial charge is 0.354 e. The molecule has 40 heavy (non-hydrogen) atoms. The second-order valence-corrected chi connectivity index (χ2v) is 12.9. The van der Waals surface area contributed by atoms with Crippen molar-refractivity contribution in [2.24, 2.45) is 0 Å². The molecule has 0 spiro atoms. The van der Waals surface area contributed by atoms with Crippen molar-refractivity contribution in [2.75, 3.05) is 17.4 Å². The summed E-state index contributed by atoms with van der Waals surface area (Å²) >= 11 is 16.2. The molecule has 0 fully saturated rings. The van der Waals surface area contributed by atoms with E-state index in [1.54, 1.807) is 61.5 Å². The first kappa shape index (κ1) is 31.9. The minimum atomic E-state index is -4.16. The predicted octanol–water partition coefficient (Wildman–Crippen LogP) is 6.59. The van der Waals surface area contributed by atoms with E-state index < -0.39 is 28.5 Å². The molecule has 1 N–H and O–H groups in total. The molecule has 0 saturated carbocycles. The third kappa shape index (κ3) is 8.00. The molecule has 0 aliphatic heterocycles. The minimum Gasteiger partial charge on any atom is -0.354 e. The zero-order chi connectivity index (χ0) is 29.4. The van der Waals surface area contributed by atoms with Crippen molar-refractivity contribution in [3.8, 4) is 0 Å². The molecule has 3 aromatic carbocycles. The van der Waals surface area contributed by atoms with E-state index in [0.717, 1.165) is 22.7 Å². The number of aryl methyl sites for hydroxylation is 1. The van der Waals surface area contributed by atoms with E-state index in [1.807, 2.05) is 13.8 Å². The average Bonchev–Trinajstić information content (AvgIpc) is 2.91. The van der Waals surface area contributed by atoms with Crippen LogP contribution in [0.15, 0.2) is 76.1 Å². The Kier molecular flexibility index (Phi) is 11.5. The monoisotopic (exact) mass is 667 g/mol. The Morgan fingerprint density at radius 2 is 1.62 bits per heavy atom. The predicted molar refractivity (Wildman–Crippen MR) is 164 cm³/mol. The summed E-state index contributed by atoms with van der Waals surface area (Å²) < 4.78 is 29.4. The standard InChI is InChI=1S/C29H32BrCl2N3O4S/c1-4-5-16-33-29(37)21(3)34(18-25-26(31)10-7-11-27(25)32)28(36)19-35(23-9-6-8-22(30)17-23)40(38,39)24-14-12-20(2)13-15-24/h6-15,17,21H,4-5,16,18-19H2,1-3H3,(H,33,37). The van der Waals surface area contributed by atoms with Crippen LogP contribution < -0.4 is 9.62 Å². The summed E-state index contributed by atoms with van der Waals surface area (Å²) in [4.78, 5) is 28.4. The van der Waals surface area contributed by atoms with Crippen LogP contribution in [0.1, 0.15) is 37.8 Å². The lowest BCUT2D eigenvalue weighted by molar-refractivity contribution is -0.139. The quantitative estimate of drug-likeness (QED) is 0.221. The van der Waals surface area contributed by atoms with Gasteiger partial charge in [-0.05, 0) is 62.7 Å². The molecule has 3 rings (SSSR count). The zero-order valence-electron chi connectivity index (χ0n) is 22.5. The number of anilines is 1. The summed E-state index contributed by atoms with van der Waals surface area (Å²) in [6, 6.07) is 17.1. The number of rotatable bonds is 12. The molecular weight excluding hydrogens is 637 g/mol. The van der Waals surface area contributed by atoms with Gasteiger partial charge in [-0.1, -0.05) is 82.3 Å². The van der Waals surface area contributed by atoms with E-state index in [0.29, 0.717) is 32.3 Å². The number of hydrogen-bond acceptors (Lipinski definition) is 4. The van der Waals surface area contributed by atoms with Gasteiger partial charge in [0.2, 0.25) is 11.8 Å². The van der Waals surface area contributed by atoms with E-state index in [1.165, 1.54) is 17.0 Å². The summed E-state index contributed by atoms with van der Waals surface area (Å²) in [7, 11) is -4.16. The van der Waals surface area contributed by atoms with Gasteiger partial charge >= 0.3 is 0 Å². The van der Waals surface area contributed by atoms with Crippen LogP contribution in [-0.4, -0.2) is 44.3 Å². The lowest BCUT2D eigenvalue weighted by atomic mass is 10.1. The van der Waals surface area contributed by atoms with Gasteiger partial charge in [0.15, 0.2) is 0 Å². The average molecular weight is 669 g/mol. The Morgan fingerprint density at radius 3 is 2.23 bits per heavy atom.